The molecule has 2 aromatic heterocycles. The summed E-state index contributed by atoms with van der Waals surface area (Å²) in [5.74, 6) is -0.0186. The Hall–Kier alpha value is -1.62. The number of nitrogens with zero attached hydrogens (tertiary/aromatic N) is 2. The van der Waals surface area contributed by atoms with Crippen molar-refractivity contribution < 1.29 is 4.79 Å². The van der Waals surface area contributed by atoms with Crippen LogP contribution in [0.2, 0.25) is 0 Å². The van der Waals surface area contributed by atoms with Crippen LogP contribution in [0.1, 0.15) is 15.9 Å². The molecule has 0 fully saturated rings. The first kappa shape index (κ1) is 9.92. The van der Waals surface area contributed by atoms with Crippen molar-refractivity contribution in [2.24, 2.45) is 0 Å². The maximum absolute atomic E-state index is 11.8. The summed E-state index contributed by atoms with van der Waals surface area (Å²) in [6.07, 6.45) is 3.14. The Morgan fingerprint density at radius 2 is 2.53 bits per heavy atom. The second-order valence-corrected chi connectivity index (χ2v) is 4.06. The van der Waals surface area contributed by atoms with Crippen LogP contribution in [0, 0.1) is 0 Å². The third kappa shape index (κ3) is 2.24. The molecule has 5 heteroatoms. The van der Waals surface area contributed by atoms with Gasteiger partial charge >= 0.3 is 0 Å². The number of hydrogen-bond donors (Lipinski definition) is 1. The lowest BCUT2D eigenvalue weighted by Gasteiger charge is -2.14. The van der Waals surface area contributed by atoms with Crippen LogP contribution in [-0.2, 0) is 6.54 Å². The fourth-order valence-electron chi connectivity index (χ4n) is 1.32. The Kier molecular flexibility index (Phi) is 2.82. The normalized spacial score (nSPS) is 10.2. The minimum Gasteiger partial charge on any atom is -0.337 e. The highest BCUT2D eigenvalue weighted by atomic mass is 32.1. The molecule has 0 aromatic carbocycles. The molecular weight excluding hydrogens is 210 g/mol. The van der Waals surface area contributed by atoms with E-state index in [-0.39, 0.29) is 5.91 Å². The molecule has 0 atom stereocenters. The van der Waals surface area contributed by atoms with E-state index in [1.807, 2.05) is 16.8 Å². The highest BCUT2D eigenvalue weighted by Crippen LogP contribution is 2.10. The zero-order valence-corrected chi connectivity index (χ0v) is 9.12. The summed E-state index contributed by atoms with van der Waals surface area (Å²) >= 11 is 1.63. The van der Waals surface area contributed by atoms with Crippen molar-refractivity contribution in [2.45, 2.75) is 6.54 Å². The number of aromatic nitrogens is 2. The molecule has 0 saturated carbocycles. The molecule has 15 heavy (non-hydrogen) atoms. The van der Waals surface area contributed by atoms with Crippen molar-refractivity contribution in [3.8, 4) is 0 Å². The number of carbonyl (C=O) groups is 1. The lowest BCUT2D eigenvalue weighted by Crippen LogP contribution is -2.25. The van der Waals surface area contributed by atoms with E-state index in [1.165, 1.54) is 6.20 Å². The predicted octanol–water partition coefficient (Wildman–Crippen LogP) is 1.74. The van der Waals surface area contributed by atoms with Crippen molar-refractivity contribution in [3.05, 3.63) is 40.3 Å². The van der Waals surface area contributed by atoms with E-state index in [2.05, 4.69) is 10.2 Å². The number of aromatic amines is 1. The van der Waals surface area contributed by atoms with Crippen molar-refractivity contribution in [2.75, 3.05) is 7.05 Å². The highest BCUT2D eigenvalue weighted by Gasteiger charge is 2.12. The standard InChI is InChI=1S/C10H11N3OS/c1-13(6-8-2-3-15-7-8)10(14)9-4-11-12-5-9/h2-5,7H,6H2,1H3,(H,11,12). The molecule has 0 unspecified atom stereocenters. The molecule has 0 radical (unpaired) electrons. The molecule has 0 spiro atoms. The molecule has 1 N–H and O–H groups in total. The van der Waals surface area contributed by atoms with Gasteiger partial charge in [0.15, 0.2) is 0 Å². The largest absolute Gasteiger partial charge is 0.337 e. The molecular formula is C10H11N3OS. The molecule has 2 rings (SSSR count). The van der Waals surface area contributed by atoms with Crippen LogP contribution in [0.4, 0.5) is 0 Å². The summed E-state index contributed by atoms with van der Waals surface area (Å²) in [4.78, 5) is 13.5. The summed E-state index contributed by atoms with van der Waals surface area (Å²) in [6, 6.07) is 2.02. The second-order valence-electron chi connectivity index (χ2n) is 3.28. The topological polar surface area (TPSA) is 49.0 Å². The molecule has 0 aliphatic heterocycles. The maximum atomic E-state index is 11.8. The Labute approximate surface area is 91.5 Å². The fraction of sp³-hybridized carbons (Fsp3) is 0.200. The van der Waals surface area contributed by atoms with Gasteiger partial charge in [0, 0.05) is 19.8 Å². The van der Waals surface area contributed by atoms with Crippen LogP contribution in [-0.4, -0.2) is 28.1 Å². The first-order valence-corrected chi connectivity index (χ1v) is 5.47. The van der Waals surface area contributed by atoms with Gasteiger partial charge in [0.1, 0.15) is 0 Å². The minimum absolute atomic E-state index is 0.0186. The molecule has 0 saturated heterocycles. The van der Waals surface area contributed by atoms with Crippen molar-refractivity contribution in [3.63, 3.8) is 0 Å². The van der Waals surface area contributed by atoms with Crippen LogP contribution in [0.15, 0.2) is 29.2 Å². The second kappa shape index (κ2) is 4.27. The maximum Gasteiger partial charge on any atom is 0.257 e. The van der Waals surface area contributed by atoms with Crippen molar-refractivity contribution in [1.82, 2.24) is 15.1 Å². The van der Waals surface area contributed by atoms with Crippen LogP contribution in [0.25, 0.3) is 0 Å². The molecule has 0 aliphatic rings. The monoisotopic (exact) mass is 221 g/mol. The molecule has 2 aromatic rings. The van der Waals surface area contributed by atoms with Crippen LogP contribution in [0.5, 0.6) is 0 Å². The van der Waals surface area contributed by atoms with Gasteiger partial charge in [-0.1, -0.05) is 0 Å². The Morgan fingerprint density at radius 3 is 3.13 bits per heavy atom. The first-order valence-electron chi connectivity index (χ1n) is 4.52. The molecule has 0 aliphatic carbocycles. The zero-order valence-electron chi connectivity index (χ0n) is 8.30. The number of thiophene rings is 1. The van der Waals surface area contributed by atoms with Crippen LogP contribution < -0.4 is 0 Å². The SMILES string of the molecule is CN(Cc1ccsc1)C(=O)c1cn[nH]c1. The molecule has 4 nitrogen and oxygen atoms in total. The lowest BCUT2D eigenvalue weighted by molar-refractivity contribution is 0.0785. The minimum atomic E-state index is -0.0186. The third-order valence-electron chi connectivity index (χ3n) is 2.09. The Balaban J connectivity index is 2.03. The van der Waals surface area contributed by atoms with E-state index in [9.17, 15) is 4.79 Å². The fourth-order valence-corrected chi connectivity index (χ4v) is 1.98. The van der Waals surface area contributed by atoms with Gasteiger partial charge in [-0.15, -0.1) is 0 Å². The van der Waals surface area contributed by atoms with Crippen molar-refractivity contribution >= 4 is 17.2 Å². The summed E-state index contributed by atoms with van der Waals surface area (Å²) < 4.78 is 0. The van der Waals surface area contributed by atoms with E-state index in [0.717, 1.165) is 5.56 Å². The van der Waals surface area contributed by atoms with Gasteiger partial charge in [-0.2, -0.15) is 16.4 Å². The zero-order chi connectivity index (χ0) is 10.7. The summed E-state index contributed by atoms with van der Waals surface area (Å²) in [6.45, 7) is 0.632. The smallest absolute Gasteiger partial charge is 0.257 e. The molecule has 1 amide bonds. The molecule has 0 bridgehead atoms. The Bertz CT molecular complexity index is 421. The number of rotatable bonds is 3. The quantitative estimate of drug-likeness (QED) is 0.858. The van der Waals surface area contributed by atoms with E-state index >= 15 is 0 Å². The van der Waals surface area contributed by atoms with Gasteiger partial charge in [0.2, 0.25) is 0 Å². The van der Waals surface area contributed by atoms with Gasteiger partial charge in [-0.05, 0) is 22.4 Å². The lowest BCUT2D eigenvalue weighted by atomic mass is 10.3. The van der Waals surface area contributed by atoms with Crippen LogP contribution >= 0.6 is 11.3 Å². The number of amides is 1. The summed E-state index contributed by atoms with van der Waals surface area (Å²) in [7, 11) is 1.78. The van der Waals surface area contributed by atoms with E-state index in [4.69, 9.17) is 0 Å². The van der Waals surface area contributed by atoms with Crippen LogP contribution in [0.3, 0.4) is 0 Å². The number of hydrogen-bond acceptors (Lipinski definition) is 3. The number of carbonyl (C=O) groups excluding carboxylic acids is 1. The van der Waals surface area contributed by atoms with E-state index in [1.54, 1.807) is 29.5 Å². The third-order valence-corrected chi connectivity index (χ3v) is 2.82. The number of nitrogens with one attached hydrogen (secondary N) is 1. The van der Waals surface area contributed by atoms with Gasteiger partial charge < -0.3 is 4.90 Å². The summed E-state index contributed by atoms with van der Waals surface area (Å²) in [5, 5.41) is 10.4. The Morgan fingerprint density at radius 1 is 1.67 bits per heavy atom. The van der Waals surface area contributed by atoms with Gasteiger partial charge in [0.05, 0.1) is 11.8 Å². The van der Waals surface area contributed by atoms with Crippen molar-refractivity contribution in [1.29, 1.82) is 0 Å². The average Bonchev–Trinajstić information content (AvgIpc) is 2.88. The van der Waals surface area contributed by atoms with E-state index in [0.29, 0.717) is 12.1 Å². The van der Waals surface area contributed by atoms with Gasteiger partial charge in [-0.25, -0.2) is 0 Å². The van der Waals surface area contributed by atoms with Gasteiger partial charge in [0.25, 0.3) is 5.91 Å². The molecule has 2 heterocycles. The first-order chi connectivity index (χ1) is 7.27. The average molecular weight is 221 g/mol. The predicted molar refractivity (Wildman–Crippen MR) is 58.7 cm³/mol. The van der Waals surface area contributed by atoms with Gasteiger partial charge in [-0.3, -0.25) is 9.89 Å². The number of H-pyrrole nitrogens is 1. The highest BCUT2D eigenvalue weighted by molar-refractivity contribution is 7.07. The molecule has 78 valence electrons. The summed E-state index contributed by atoms with van der Waals surface area (Å²) in [5.41, 5.74) is 1.74. The van der Waals surface area contributed by atoms with E-state index < -0.39 is 0 Å².